The summed E-state index contributed by atoms with van der Waals surface area (Å²) in [5, 5.41) is 12.8. The molecular formula is C40H55N5O3. The van der Waals surface area contributed by atoms with E-state index in [9.17, 15) is 14.7 Å². The van der Waals surface area contributed by atoms with Crippen molar-refractivity contribution >= 4 is 23.1 Å². The minimum Gasteiger partial charge on any atom is -0.395 e. The van der Waals surface area contributed by atoms with Crippen LogP contribution in [0.1, 0.15) is 49.8 Å². The first-order valence-electron chi connectivity index (χ1n) is 17.8. The number of carbonyl (C=O) groups excluding carboxylic acids is 2. The maximum absolute atomic E-state index is 14.0. The van der Waals surface area contributed by atoms with Gasteiger partial charge >= 0.3 is 0 Å². The lowest BCUT2D eigenvalue weighted by molar-refractivity contribution is -0.135. The molecule has 1 amide bonds. The van der Waals surface area contributed by atoms with Crippen molar-refractivity contribution in [3.8, 4) is 0 Å². The number of rotatable bonds is 14. The third kappa shape index (κ3) is 10.1. The van der Waals surface area contributed by atoms with Gasteiger partial charge in [0.25, 0.3) is 0 Å². The molecule has 8 nitrogen and oxygen atoms in total. The van der Waals surface area contributed by atoms with Crippen LogP contribution >= 0.6 is 0 Å². The van der Waals surface area contributed by atoms with E-state index >= 15 is 0 Å². The summed E-state index contributed by atoms with van der Waals surface area (Å²) in [5.74, 6) is 1.50. The molecule has 3 aromatic rings. The van der Waals surface area contributed by atoms with Crippen LogP contribution in [-0.2, 0) is 29.1 Å². The van der Waals surface area contributed by atoms with Crippen LogP contribution in [0, 0.1) is 11.8 Å². The Kier molecular flexibility index (Phi) is 13.1. The number of carbonyl (C=O) groups is 2. The van der Waals surface area contributed by atoms with E-state index in [1.165, 1.54) is 16.8 Å². The molecule has 2 heterocycles. The van der Waals surface area contributed by atoms with Gasteiger partial charge in [-0.25, -0.2) is 0 Å². The van der Waals surface area contributed by atoms with E-state index in [1.54, 1.807) is 6.92 Å². The molecule has 3 unspecified atom stereocenters. The van der Waals surface area contributed by atoms with Crippen LogP contribution in [0.3, 0.4) is 0 Å². The average molecular weight is 654 g/mol. The summed E-state index contributed by atoms with van der Waals surface area (Å²) < 4.78 is 0. The van der Waals surface area contributed by atoms with Crippen molar-refractivity contribution in [1.82, 2.24) is 15.1 Å². The van der Waals surface area contributed by atoms with E-state index in [0.29, 0.717) is 43.6 Å². The Morgan fingerprint density at radius 1 is 0.854 bits per heavy atom. The summed E-state index contributed by atoms with van der Waals surface area (Å²) in [4.78, 5) is 34.7. The van der Waals surface area contributed by atoms with E-state index in [0.717, 1.165) is 69.9 Å². The van der Waals surface area contributed by atoms with Gasteiger partial charge in [0, 0.05) is 83.7 Å². The summed E-state index contributed by atoms with van der Waals surface area (Å²) in [6, 6.07) is 27.3. The van der Waals surface area contributed by atoms with Crippen LogP contribution in [-0.4, -0.2) is 92.1 Å². The van der Waals surface area contributed by atoms with Crippen molar-refractivity contribution in [3.63, 3.8) is 0 Å². The Morgan fingerprint density at radius 3 is 2.19 bits per heavy atom. The lowest BCUT2D eigenvalue weighted by atomic mass is 9.86. The number of benzene rings is 3. The van der Waals surface area contributed by atoms with E-state index < -0.39 is 0 Å². The highest BCUT2D eigenvalue weighted by Crippen LogP contribution is 2.29. The number of ketones is 1. The monoisotopic (exact) mass is 653 g/mol. The van der Waals surface area contributed by atoms with E-state index in [-0.39, 0.29) is 18.6 Å². The molecule has 2 saturated heterocycles. The molecule has 3 aromatic carbocycles. The van der Waals surface area contributed by atoms with E-state index in [1.807, 2.05) is 35.0 Å². The third-order valence-corrected chi connectivity index (χ3v) is 10.3. The fourth-order valence-corrected chi connectivity index (χ4v) is 7.15. The normalized spacial score (nSPS) is 19.5. The molecule has 0 aromatic heterocycles. The fourth-order valence-electron chi connectivity index (χ4n) is 7.15. The van der Waals surface area contributed by atoms with Gasteiger partial charge in [-0.1, -0.05) is 61.5 Å². The van der Waals surface area contributed by atoms with Gasteiger partial charge in [-0.15, -0.1) is 0 Å². The lowest BCUT2D eigenvalue weighted by Crippen LogP contribution is -2.54. The summed E-state index contributed by atoms with van der Waals surface area (Å²) in [5.41, 5.74) is 5.91. The number of nitrogens with one attached hydrogen (secondary N) is 1. The molecule has 2 aliphatic rings. The number of amides is 1. The second kappa shape index (κ2) is 17.6. The van der Waals surface area contributed by atoms with E-state index in [4.69, 9.17) is 0 Å². The van der Waals surface area contributed by atoms with Crippen molar-refractivity contribution in [1.29, 1.82) is 0 Å². The number of piperazine rings is 1. The van der Waals surface area contributed by atoms with Gasteiger partial charge < -0.3 is 29.9 Å². The first kappa shape index (κ1) is 35.6. The number of hydrogen-bond acceptors (Lipinski definition) is 7. The Hall–Kier alpha value is -3.72. The van der Waals surface area contributed by atoms with Gasteiger partial charge in [-0.3, -0.25) is 9.69 Å². The highest BCUT2D eigenvalue weighted by Gasteiger charge is 2.28. The van der Waals surface area contributed by atoms with Crippen molar-refractivity contribution in [2.24, 2.45) is 11.8 Å². The quantitative estimate of drug-likeness (QED) is 0.254. The Balaban J connectivity index is 1.15. The maximum Gasteiger partial charge on any atom is 0.240 e. The summed E-state index contributed by atoms with van der Waals surface area (Å²) in [6.07, 6.45) is 3.51. The molecule has 8 heteroatoms. The summed E-state index contributed by atoms with van der Waals surface area (Å²) in [7, 11) is 1.99. The zero-order valence-electron chi connectivity index (χ0n) is 29.2. The van der Waals surface area contributed by atoms with Crippen molar-refractivity contribution in [2.45, 2.75) is 58.7 Å². The number of anilines is 2. The number of aliphatic hydroxyl groups excluding tert-OH is 1. The number of likely N-dealkylation sites (N-methyl/N-ethyl adjacent to an activating group) is 1. The van der Waals surface area contributed by atoms with Gasteiger partial charge in [0.05, 0.1) is 12.6 Å². The fraction of sp³-hybridized carbons (Fsp3) is 0.500. The van der Waals surface area contributed by atoms with Gasteiger partial charge in [-0.05, 0) is 79.0 Å². The first-order valence-corrected chi connectivity index (χ1v) is 17.8. The predicted molar refractivity (Wildman–Crippen MR) is 195 cm³/mol. The molecule has 0 spiro atoms. The predicted octanol–water partition coefficient (Wildman–Crippen LogP) is 4.99. The van der Waals surface area contributed by atoms with Gasteiger partial charge in [0.1, 0.15) is 5.78 Å². The first-order chi connectivity index (χ1) is 23.3. The molecular weight excluding hydrogens is 598 g/mol. The molecule has 2 N–H and O–H groups in total. The maximum atomic E-state index is 14.0. The number of hydrogen-bond donors (Lipinski definition) is 2. The number of nitrogens with zero attached hydrogens (tertiary/aromatic N) is 4. The third-order valence-electron chi connectivity index (χ3n) is 10.3. The molecule has 2 aliphatic heterocycles. The van der Waals surface area contributed by atoms with Crippen molar-refractivity contribution in [3.05, 3.63) is 95.6 Å². The Bertz CT molecular complexity index is 1420. The van der Waals surface area contributed by atoms with Gasteiger partial charge in [-0.2, -0.15) is 0 Å². The van der Waals surface area contributed by atoms with Crippen LogP contribution in [0.4, 0.5) is 11.4 Å². The molecule has 0 radical (unpaired) electrons. The van der Waals surface area contributed by atoms with Crippen molar-refractivity contribution < 1.29 is 14.7 Å². The molecule has 2 fully saturated rings. The average Bonchev–Trinajstić information content (AvgIpc) is 3.28. The van der Waals surface area contributed by atoms with Crippen LogP contribution in [0.15, 0.2) is 78.9 Å². The zero-order valence-corrected chi connectivity index (χ0v) is 29.2. The summed E-state index contributed by atoms with van der Waals surface area (Å²) >= 11 is 0. The molecule has 258 valence electrons. The summed E-state index contributed by atoms with van der Waals surface area (Å²) in [6.45, 7) is 11.4. The van der Waals surface area contributed by atoms with Crippen LogP contribution in [0.5, 0.6) is 0 Å². The standard InChI is InChI=1S/C40H55N5O3/c1-31-17-19-44(20-18-36(31)27-32(2)47)38-15-9-34(10-16-38)29-41-39(28-33-7-5-4-6-8-33)40(48)45-23-21-43(22-24-45)30-35-11-13-37(14-12-35)42(3)25-26-46/h4-16,31,36,39,41,46H,17-30H2,1-3H3. The molecule has 0 bridgehead atoms. The highest BCUT2D eigenvalue weighted by atomic mass is 16.3. The van der Waals surface area contributed by atoms with Crippen molar-refractivity contribution in [2.75, 3.05) is 69.3 Å². The van der Waals surface area contributed by atoms with Crippen LogP contribution in [0.2, 0.25) is 0 Å². The van der Waals surface area contributed by atoms with E-state index in [2.05, 4.69) is 82.7 Å². The molecule has 0 saturated carbocycles. The Labute approximate surface area is 287 Å². The molecule has 0 aliphatic carbocycles. The number of Topliss-reactive ketones (excluding diaryl/α,β-unsaturated/α-hetero) is 1. The molecule has 48 heavy (non-hydrogen) atoms. The SMILES string of the molecule is CC(=O)CC1CCN(c2ccc(CNC(Cc3ccccc3)C(=O)N3CCN(Cc4ccc(N(C)CCO)cc4)CC3)cc2)CCC1C. The van der Waals surface area contributed by atoms with Gasteiger partial charge in [0.15, 0.2) is 0 Å². The molecule has 5 rings (SSSR count). The minimum atomic E-state index is -0.299. The number of aliphatic hydroxyl groups is 1. The minimum absolute atomic E-state index is 0.139. The lowest BCUT2D eigenvalue weighted by Gasteiger charge is -2.36. The molecule has 3 atom stereocenters. The van der Waals surface area contributed by atoms with Crippen LogP contribution in [0.25, 0.3) is 0 Å². The second-order valence-corrected chi connectivity index (χ2v) is 13.9. The highest BCUT2D eigenvalue weighted by molar-refractivity contribution is 5.82. The second-order valence-electron chi connectivity index (χ2n) is 13.9. The Morgan fingerprint density at radius 2 is 1.52 bits per heavy atom. The smallest absolute Gasteiger partial charge is 0.240 e. The van der Waals surface area contributed by atoms with Gasteiger partial charge in [0.2, 0.25) is 5.91 Å². The largest absolute Gasteiger partial charge is 0.395 e. The zero-order chi connectivity index (χ0) is 33.9. The topological polar surface area (TPSA) is 79.4 Å². The van der Waals surface area contributed by atoms with Crippen LogP contribution < -0.4 is 15.1 Å².